The standard InChI is InChI=1S/C14H18N2O/c1-14(2,3)17-13-8-6-5-7-11(13)12-9-15-10-16(12)4/h5-10H,1-4H3. The smallest absolute Gasteiger partial charge is 0.129 e. The molecule has 17 heavy (non-hydrogen) atoms. The zero-order valence-corrected chi connectivity index (χ0v) is 10.8. The third-order valence-corrected chi connectivity index (χ3v) is 2.40. The van der Waals surface area contributed by atoms with Crippen molar-refractivity contribution in [2.45, 2.75) is 26.4 Å². The topological polar surface area (TPSA) is 27.1 Å². The van der Waals surface area contributed by atoms with E-state index in [9.17, 15) is 0 Å². The lowest BCUT2D eigenvalue weighted by Gasteiger charge is -2.23. The van der Waals surface area contributed by atoms with Crippen LogP contribution in [-0.2, 0) is 7.05 Å². The predicted molar refractivity (Wildman–Crippen MR) is 69.0 cm³/mol. The molecule has 1 aromatic heterocycles. The van der Waals surface area contributed by atoms with Crippen LogP contribution in [0.2, 0.25) is 0 Å². The SMILES string of the molecule is Cn1cncc1-c1ccccc1OC(C)(C)C. The number of benzene rings is 1. The van der Waals surface area contributed by atoms with Crippen molar-refractivity contribution in [2.24, 2.45) is 7.05 Å². The lowest BCUT2D eigenvalue weighted by molar-refractivity contribution is 0.131. The zero-order chi connectivity index (χ0) is 12.5. The average Bonchev–Trinajstić information content (AvgIpc) is 2.63. The zero-order valence-electron chi connectivity index (χ0n) is 10.8. The molecule has 2 aromatic rings. The summed E-state index contributed by atoms with van der Waals surface area (Å²) in [6.07, 6.45) is 3.65. The van der Waals surface area contributed by atoms with Gasteiger partial charge in [-0.1, -0.05) is 12.1 Å². The van der Waals surface area contributed by atoms with Crippen LogP contribution in [0.25, 0.3) is 11.3 Å². The first-order valence-corrected chi connectivity index (χ1v) is 5.72. The molecule has 0 saturated carbocycles. The molecular weight excluding hydrogens is 212 g/mol. The maximum Gasteiger partial charge on any atom is 0.129 e. The van der Waals surface area contributed by atoms with E-state index in [1.807, 2.05) is 56.8 Å². The number of ether oxygens (including phenoxy) is 1. The van der Waals surface area contributed by atoms with Gasteiger partial charge in [0.1, 0.15) is 11.4 Å². The van der Waals surface area contributed by atoms with E-state index in [-0.39, 0.29) is 5.60 Å². The Labute approximate surface area is 102 Å². The van der Waals surface area contributed by atoms with Crippen LogP contribution < -0.4 is 4.74 Å². The minimum absolute atomic E-state index is 0.200. The van der Waals surface area contributed by atoms with Crippen LogP contribution in [0.5, 0.6) is 5.75 Å². The molecule has 0 saturated heterocycles. The summed E-state index contributed by atoms with van der Waals surface area (Å²) in [5.74, 6) is 0.892. The Hall–Kier alpha value is -1.77. The van der Waals surface area contributed by atoms with Crippen molar-refractivity contribution in [3.8, 4) is 17.0 Å². The largest absolute Gasteiger partial charge is 0.487 e. The van der Waals surface area contributed by atoms with E-state index in [4.69, 9.17) is 4.74 Å². The Bertz CT molecular complexity index is 509. The van der Waals surface area contributed by atoms with Crippen LogP contribution in [0.3, 0.4) is 0 Å². The van der Waals surface area contributed by atoms with Crippen LogP contribution in [0.4, 0.5) is 0 Å². The van der Waals surface area contributed by atoms with E-state index < -0.39 is 0 Å². The molecular formula is C14H18N2O. The molecule has 0 radical (unpaired) electrons. The first kappa shape index (κ1) is 11.7. The minimum atomic E-state index is -0.200. The van der Waals surface area contributed by atoms with Gasteiger partial charge in [-0.3, -0.25) is 0 Å². The molecule has 0 atom stereocenters. The highest BCUT2D eigenvalue weighted by Crippen LogP contribution is 2.31. The summed E-state index contributed by atoms with van der Waals surface area (Å²) in [6, 6.07) is 8.05. The van der Waals surface area contributed by atoms with Gasteiger partial charge in [-0.05, 0) is 32.9 Å². The van der Waals surface area contributed by atoms with Gasteiger partial charge in [-0.25, -0.2) is 4.98 Å². The first-order chi connectivity index (χ1) is 7.97. The van der Waals surface area contributed by atoms with Gasteiger partial charge in [0.05, 0.1) is 18.2 Å². The molecule has 0 amide bonds. The number of imidazole rings is 1. The van der Waals surface area contributed by atoms with E-state index in [1.165, 1.54) is 0 Å². The summed E-state index contributed by atoms with van der Waals surface area (Å²) in [5, 5.41) is 0. The molecule has 3 nitrogen and oxygen atoms in total. The summed E-state index contributed by atoms with van der Waals surface area (Å²) in [6.45, 7) is 6.15. The fraction of sp³-hybridized carbons (Fsp3) is 0.357. The fourth-order valence-corrected chi connectivity index (χ4v) is 1.71. The highest BCUT2D eigenvalue weighted by atomic mass is 16.5. The summed E-state index contributed by atoms with van der Waals surface area (Å²) in [5.41, 5.74) is 1.93. The van der Waals surface area contributed by atoms with Gasteiger partial charge in [0.15, 0.2) is 0 Å². The average molecular weight is 230 g/mol. The molecule has 0 aliphatic rings. The maximum absolute atomic E-state index is 5.97. The van der Waals surface area contributed by atoms with E-state index in [2.05, 4.69) is 11.1 Å². The second-order valence-corrected chi connectivity index (χ2v) is 5.10. The number of hydrogen-bond acceptors (Lipinski definition) is 2. The lowest BCUT2D eigenvalue weighted by atomic mass is 10.1. The summed E-state index contributed by atoms with van der Waals surface area (Å²) < 4.78 is 7.96. The quantitative estimate of drug-likeness (QED) is 0.791. The second kappa shape index (κ2) is 4.24. The number of nitrogens with zero attached hydrogens (tertiary/aromatic N) is 2. The number of hydrogen-bond donors (Lipinski definition) is 0. The van der Waals surface area contributed by atoms with Crippen LogP contribution in [0.1, 0.15) is 20.8 Å². The maximum atomic E-state index is 5.97. The molecule has 0 bridgehead atoms. The molecule has 3 heteroatoms. The first-order valence-electron chi connectivity index (χ1n) is 5.72. The Morgan fingerprint density at radius 1 is 1.18 bits per heavy atom. The molecule has 90 valence electrons. The summed E-state index contributed by atoms with van der Waals surface area (Å²) in [7, 11) is 1.98. The molecule has 1 heterocycles. The van der Waals surface area contributed by atoms with Gasteiger partial charge < -0.3 is 9.30 Å². The summed E-state index contributed by atoms with van der Waals surface area (Å²) >= 11 is 0. The Kier molecular flexibility index (Phi) is 2.92. The van der Waals surface area contributed by atoms with Gasteiger partial charge >= 0.3 is 0 Å². The molecule has 0 fully saturated rings. The summed E-state index contributed by atoms with van der Waals surface area (Å²) in [4.78, 5) is 4.14. The van der Waals surface area contributed by atoms with Gasteiger partial charge in [0.25, 0.3) is 0 Å². The Morgan fingerprint density at radius 2 is 1.88 bits per heavy atom. The van der Waals surface area contributed by atoms with Crippen molar-refractivity contribution in [2.75, 3.05) is 0 Å². The van der Waals surface area contributed by atoms with Gasteiger partial charge in [0, 0.05) is 12.6 Å². The molecule has 0 aliphatic heterocycles. The van der Waals surface area contributed by atoms with Crippen LogP contribution in [-0.4, -0.2) is 15.2 Å². The van der Waals surface area contributed by atoms with E-state index >= 15 is 0 Å². The lowest BCUT2D eigenvalue weighted by Crippen LogP contribution is -2.23. The molecule has 0 aliphatic carbocycles. The van der Waals surface area contributed by atoms with E-state index in [0.29, 0.717) is 0 Å². The normalized spacial score (nSPS) is 11.5. The Balaban J connectivity index is 2.45. The van der Waals surface area contributed by atoms with E-state index in [0.717, 1.165) is 17.0 Å². The van der Waals surface area contributed by atoms with Crippen molar-refractivity contribution < 1.29 is 4.74 Å². The van der Waals surface area contributed by atoms with E-state index in [1.54, 1.807) is 6.33 Å². The van der Waals surface area contributed by atoms with Gasteiger partial charge in [0.2, 0.25) is 0 Å². The molecule has 2 rings (SSSR count). The third-order valence-electron chi connectivity index (χ3n) is 2.40. The number of aryl methyl sites for hydroxylation is 1. The van der Waals surface area contributed by atoms with Crippen molar-refractivity contribution in [1.82, 2.24) is 9.55 Å². The second-order valence-electron chi connectivity index (χ2n) is 5.10. The predicted octanol–water partition coefficient (Wildman–Crippen LogP) is 3.26. The van der Waals surface area contributed by atoms with Crippen molar-refractivity contribution >= 4 is 0 Å². The molecule has 1 aromatic carbocycles. The molecule has 0 unspecified atom stereocenters. The fourth-order valence-electron chi connectivity index (χ4n) is 1.71. The van der Waals surface area contributed by atoms with Crippen LogP contribution in [0.15, 0.2) is 36.8 Å². The minimum Gasteiger partial charge on any atom is -0.487 e. The highest BCUT2D eigenvalue weighted by Gasteiger charge is 2.16. The molecule has 0 N–H and O–H groups in total. The highest BCUT2D eigenvalue weighted by molar-refractivity contribution is 5.67. The van der Waals surface area contributed by atoms with Crippen molar-refractivity contribution in [3.05, 3.63) is 36.8 Å². The van der Waals surface area contributed by atoms with Crippen molar-refractivity contribution in [3.63, 3.8) is 0 Å². The Morgan fingerprint density at radius 3 is 2.47 bits per heavy atom. The van der Waals surface area contributed by atoms with Gasteiger partial charge in [-0.15, -0.1) is 0 Å². The number of aromatic nitrogens is 2. The third kappa shape index (κ3) is 2.67. The number of rotatable bonds is 2. The van der Waals surface area contributed by atoms with Crippen LogP contribution in [0, 0.1) is 0 Å². The number of para-hydroxylation sites is 1. The monoisotopic (exact) mass is 230 g/mol. The van der Waals surface area contributed by atoms with Crippen LogP contribution >= 0.6 is 0 Å². The molecule has 0 spiro atoms. The van der Waals surface area contributed by atoms with Crippen molar-refractivity contribution in [1.29, 1.82) is 0 Å². The van der Waals surface area contributed by atoms with Gasteiger partial charge in [-0.2, -0.15) is 0 Å².